The number of rotatable bonds is 5. The molecule has 0 unspecified atom stereocenters. The average molecular weight is 284 g/mol. The van der Waals surface area contributed by atoms with Crippen molar-refractivity contribution >= 4 is 17.5 Å². The van der Waals surface area contributed by atoms with E-state index in [1.54, 1.807) is 13.2 Å². The fraction of sp³-hybridized carbons (Fsp3) is 0.500. The van der Waals surface area contributed by atoms with Gasteiger partial charge in [0.05, 0.1) is 19.6 Å². The summed E-state index contributed by atoms with van der Waals surface area (Å²) in [6.07, 6.45) is 1.53. The minimum Gasteiger partial charge on any atom is -0.497 e. The number of benzene rings is 1. The van der Waals surface area contributed by atoms with E-state index in [-0.39, 0.29) is 11.8 Å². The van der Waals surface area contributed by atoms with Gasteiger partial charge in [-0.15, -0.1) is 0 Å². The Labute approximate surface area is 118 Å². The molecule has 1 aromatic rings. The minimum absolute atomic E-state index is 0.00587. The lowest BCUT2D eigenvalue weighted by Gasteiger charge is -2.10. The number of carbonyl (C=O) groups excluding carboxylic acids is 1. The molecule has 1 saturated heterocycles. The summed E-state index contributed by atoms with van der Waals surface area (Å²) in [5, 5.41) is 3.58. The van der Waals surface area contributed by atoms with Crippen LogP contribution in [-0.4, -0.2) is 32.8 Å². The Morgan fingerprint density at radius 2 is 2.42 bits per heavy atom. The number of carbonyl (C=O) groups is 1. The molecule has 4 nitrogen and oxygen atoms in total. The second-order valence-corrected chi connectivity index (χ2v) is 4.97. The molecule has 0 bridgehead atoms. The molecule has 0 spiro atoms. The predicted molar refractivity (Wildman–Crippen MR) is 73.6 cm³/mol. The van der Waals surface area contributed by atoms with E-state index in [1.807, 2.05) is 12.1 Å². The standard InChI is InChI=1S/C14H18ClNO3/c1-18-12-3-2-10(13(15)8-12)4-6-16-14(17)11-5-7-19-9-11/h2-3,8,11H,4-7,9H2,1H3,(H,16,17)/t11-/m1/s1. The van der Waals surface area contributed by atoms with Crippen molar-refractivity contribution in [3.63, 3.8) is 0 Å². The number of halogens is 1. The van der Waals surface area contributed by atoms with Gasteiger partial charge in [-0.1, -0.05) is 17.7 Å². The maximum Gasteiger partial charge on any atom is 0.225 e. The molecular formula is C14H18ClNO3. The highest BCUT2D eigenvalue weighted by Crippen LogP contribution is 2.22. The summed E-state index contributed by atoms with van der Waals surface area (Å²) < 4.78 is 10.3. The Kier molecular flexibility index (Phi) is 5.05. The van der Waals surface area contributed by atoms with Crippen LogP contribution in [0.5, 0.6) is 5.75 Å². The van der Waals surface area contributed by atoms with E-state index in [2.05, 4.69) is 5.32 Å². The lowest BCUT2D eigenvalue weighted by Crippen LogP contribution is -2.32. The van der Waals surface area contributed by atoms with Crippen LogP contribution in [0.15, 0.2) is 18.2 Å². The summed E-state index contributed by atoms with van der Waals surface area (Å²) in [6, 6.07) is 5.57. The number of hydrogen-bond donors (Lipinski definition) is 1. The van der Waals surface area contributed by atoms with Gasteiger partial charge in [-0.05, 0) is 30.5 Å². The van der Waals surface area contributed by atoms with Crippen molar-refractivity contribution in [2.24, 2.45) is 5.92 Å². The van der Waals surface area contributed by atoms with E-state index in [9.17, 15) is 4.79 Å². The molecule has 19 heavy (non-hydrogen) atoms. The fourth-order valence-corrected chi connectivity index (χ4v) is 2.33. The highest BCUT2D eigenvalue weighted by atomic mass is 35.5. The summed E-state index contributed by atoms with van der Waals surface area (Å²) in [6.45, 7) is 1.80. The van der Waals surface area contributed by atoms with Crippen molar-refractivity contribution in [2.75, 3.05) is 26.9 Å². The summed E-state index contributed by atoms with van der Waals surface area (Å²) in [5.74, 6) is 0.814. The van der Waals surface area contributed by atoms with Gasteiger partial charge >= 0.3 is 0 Å². The highest BCUT2D eigenvalue weighted by molar-refractivity contribution is 6.31. The largest absolute Gasteiger partial charge is 0.497 e. The van der Waals surface area contributed by atoms with Gasteiger partial charge in [0.2, 0.25) is 5.91 Å². The second-order valence-electron chi connectivity index (χ2n) is 4.56. The van der Waals surface area contributed by atoms with Gasteiger partial charge in [-0.2, -0.15) is 0 Å². The van der Waals surface area contributed by atoms with E-state index >= 15 is 0 Å². The molecule has 104 valence electrons. The first kappa shape index (κ1) is 14.2. The number of nitrogens with one attached hydrogen (secondary N) is 1. The van der Waals surface area contributed by atoms with Crippen LogP contribution in [0, 0.1) is 5.92 Å². The summed E-state index contributed by atoms with van der Waals surface area (Å²) >= 11 is 6.14. The van der Waals surface area contributed by atoms with Crippen molar-refractivity contribution in [3.05, 3.63) is 28.8 Å². The Morgan fingerprint density at radius 1 is 1.58 bits per heavy atom. The normalized spacial score (nSPS) is 18.3. The molecule has 1 heterocycles. The Morgan fingerprint density at radius 3 is 3.05 bits per heavy atom. The quantitative estimate of drug-likeness (QED) is 0.900. The molecule has 2 rings (SSSR count). The van der Waals surface area contributed by atoms with Crippen molar-refractivity contribution in [3.8, 4) is 5.75 Å². The maximum atomic E-state index is 11.8. The van der Waals surface area contributed by atoms with Crippen molar-refractivity contribution in [2.45, 2.75) is 12.8 Å². The molecule has 1 atom stereocenters. The van der Waals surface area contributed by atoms with Crippen molar-refractivity contribution in [1.29, 1.82) is 0 Å². The number of methoxy groups -OCH3 is 1. The van der Waals surface area contributed by atoms with Crippen LogP contribution < -0.4 is 10.1 Å². The molecule has 1 fully saturated rings. The zero-order valence-corrected chi connectivity index (χ0v) is 11.7. The maximum absolute atomic E-state index is 11.8. The first-order valence-electron chi connectivity index (χ1n) is 6.38. The molecule has 0 radical (unpaired) electrons. The van der Waals surface area contributed by atoms with E-state index in [0.29, 0.717) is 31.2 Å². The average Bonchev–Trinajstić information content (AvgIpc) is 2.94. The third kappa shape index (κ3) is 3.85. The van der Waals surface area contributed by atoms with Gasteiger partial charge in [0.1, 0.15) is 5.75 Å². The number of hydrogen-bond acceptors (Lipinski definition) is 3. The predicted octanol–water partition coefficient (Wildman–Crippen LogP) is 2.04. The topological polar surface area (TPSA) is 47.6 Å². The van der Waals surface area contributed by atoms with Crippen LogP contribution in [0.1, 0.15) is 12.0 Å². The molecule has 1 amide bonds. The van der Waals surface area contributed by atoms with Crippen LogP contribution in [0.25, 0.3) is 0 Å². The van der Waals surface area contributed by atoms with Crippen LogP contribution >= 0.6 is 11.6 Å². The van der Waals surface area contributed by atoms with Gasteiger partial charge in [0.25, 0.3) is 0 Å². The SMILES string of the molecule is COc1ccc(CCNC(=O)[C@@H]2CCOC2)c(Cl)c1. The molecule has 0 aromatic heterocycles. The zero-order valence-electron chi connectivity index (χ0n) is 10.9. The van der Waals surface area contributed by atoms with E-state index in [0.717, 1.165) is 17.7 Å². The summed E-state index contributed by atoms with van der Waals surface area (Å²) in [5.41, 5.74) is 1.01. The van der Waals surface area contributed by atoms with Crippen molar-refractivity contribution < 1.29 is 14.3 Å². The Bertz CT molecular complexity index is 444. The molecule has 1 aliphatic rings. The smallest absolute Gasteiger partial charge is 0.225 e. The lowest BCUT2D eigenvalue weighted by atomic mass is 10.1. The molecule has 5 heteroatoms. The molecule has 0 aliphatic carbocycles. The van der Waals surface area contributed by atoms with Gasteiger partial charge in [0.15, 0.2) is 0 Å². The highest BCUT2D eigenvalue weighted by Gasteiger charge is 2.22. The van der Waals surface area contributed by atoms with Crippen molar-refractivity contribution in [1.82, 2.24) is 5.32 Å². The first-order valence-corrected chi connectivity index (χ1v) is 6.76. The number of amides is 1. The second kappa shape index (κ2) is 6.78. The molecule has 1 aromatic carbocycles. The Balaban J connectivity index is 1.80. The van der Waals surface area contributed by atoms with Gasteiger partial charge in [0, 0.05) is 18.2 Å². The van der Waals surface area contributed by atoms with Crippen LogP contribution in [0.3, 0.4) is 0 Å². The van der Waals surface area contributed by atoms with Gasteiger partial charge < -0.3 is 14.8 Å². The van der Waals surface area contributed by atoms with E-state index in [1.165, 1.54) is 0 Å². The van der Waals surface area contributed by atoms with Crippen LogP contribution in [-0.2, 0) is 16.0 Å². The fourth-order valence-electron chi connectivity index (χ4n) is 2.06. The molecule has 1 aliphatic heterocycles. The zero-order chi connectivity index (χ0) is 13.7. The van der Waals surface area contributed by atoms with E-state index in [4.69, 9.17) is 21.1 Å². The minimum atomic E-state index is 0.00587. The lowest BCUT2D eigenvalue weighted by molar-refractivity contribution is -0.124. The monoisotopic (exact) mass is 283 g/mol. The van der Waals surface area contributed by atoms with Gasteiger partial charge in [-0.3, -0.25) is 4.79 Å². The van der Waals surface area contributed by atoms with Gasteiger partial charge in [-0.25, -0.2) is 0 Å². The first-order chi connectivity index (χ1) is 9.20. The molecular weight excluding hydrogens is 266 g/mol. The van der Waals surface area contributed by atoms with Crippen LogP contribution in [0.2, 0.25) is 5.02 Å². The molecule has 1 N–H and O–H groups in total. The Hall–Kier alpha value is -1.26. The summed E-state index contributed by atoms with van der Waals surface area (Å²) in [7, 11) is 1.61. The van der Waals surface area contributed by atoms with E-state index < -0.39 is 0 Å². The third-order valence-corrected chi connectivity index (χ3v) is 3.61. The molecule has 0 saturated carbocycles. The summed E-state index contributed by atoms with van der Waals surface area (Å²) in [4.78, 5) is 11.8. The third-order valence-electron chi connectivity index (χ3n) is 3.25. The van der Waals surface area contributed by atoms with Crippen LogP contribution in [0.4, 0.5) is 0 Å². The number of ether oxygens (including phenoxy) is 2.